The van der Waals surface area contributed by atoms with Gasteiger partial charge in [0, 0.05) is 12.0 Å². The molecule has 0 aliphatic carbocycles. The second-order valence-electron chi connectivity index (χ2n) is 10.2. The first-order valence-electron chi connectivity index (χ1n) is 14.3. The molecule has 5 rings (SSSR count). The number of benzene rings is 5. The van der Waals surface area contributed by atoms with E-state index in [1.165, 1.54) is 0 Å². The maximum absolute atomic E-state index is 12.8. The van der Waals surface area contributed by atoms with E-state index in [2.05, 4.69) is 5.32 Å². The van der Waals surface area contributed by atoms with E-state index >= 15 is 0 Å². The van der Waals surface area contributed by atoms with Crippen LogP contribution in [0.15, 0.2) is 133 Å². The molecule has 1 atom stereocenters. The summed E-state index contributed by atoms with van der Waals surface area (Å²) in [4.78, 5) is 24.8. The molecule has 7 nitrogen and oxygen atoms in total. The van der Waals surface area contributed by atoms with Gasteiger partial charge in [0.25, 0.3) is 5.91 Å². The molecule has 0 saturated carbocycles. The Bertz CT molecular complexity index is 1620. The standard InChI is InChI=1S/C37H33NO6/c39-36(38-35(37(40)41)23-27-11-17-32(18-12-27)42-24-28-7-3-1-4-8-28)31-15-21-34(22-16-31)44-26-30-13-19-33(20-14-30)43-25-29-9-5-2-6-10-29/h1-22,35H,23-26H2,(H,38,39)(H,40,41). The minimum absolute atomic E-state index is 0.136. The maximum atomic E-state index is 12.8. The predicted molar refractivity (Wildman–Crippen MR) is 168 cm³/mol. The van der Waals surface area contributed by atoms with Crippen LogP contribution >= 0.6 is 0 Å². The van der Waals surface area contributed by atoms with Crippen LogP contribution in [0, 0.1) is 0 Å². The number of hydrogen-bond acceptors (Lipinski definition) is 5. The zero-order valence-electron chi connectivity index (χ0n) is 24.1. The van der Waals surface area contributed by atoms with Crippen LogP contribution in [-0.2, 0) is 31.0 Å². The summed E-state index contributed by atoms with van der Waals surface area (Å²) in [5, 5.41) is 12.4. The molecule has 5 aromatic carbocycles. The number of nitrogens with one attached hydrogen (secondary N) is 1. The Morgan fingerprint density at radius 2 is 0.909 bits per heavy atom. The number of carboxylic acids is 1. The highest BCUT2D eigenvalue weighted by molar-refractivity contribution is 5.96. The first-order chi connectivity index (χ1) is 21.5. The van der Waals surface area contributed by atoms with Crippen molar-refractivity contribution in [2.24, 2.45) is 0 Å². The van der Waals surface area contributed by atoms with Crippen LogP contribution in [0.4, 0.5) is 0 Å². The van der Waals surface area contributed by atoms with Gasteiger partial charge in [0.05, 0.1) is 0 Å². The molecule has 0 spiro atoms. The Balaban J connectivity index is 1.08. The van der Waals surface area contributed by atoms with Crippen LogP contribution in [0.3, 0.4) is 0 Å². The molecule has 0 aromatic heterocycles. The van der Waals surface area contributed by atoms with Gasteiger partial charge in [-0.3, -0.25) is 4.79 Å². The number of carbonyl (C=O) groups is 2. The van der Waals surface area contributed by atoms with E-state index in [4.69, 9.17) is 14.2 Å². The largest absolute Gasteiger partial charge is 0.489 e. The lowest BCUT2D eigenvalue weighted by Crippen LogP contribution is -2.42. The minimum Gasteiger partial charge on any atom is -0.489 e. The van der Waals surface area contributed by atoms with Crippen molar-refractivity contribution in [3.05, 3.63) is 161 Å². The van der Waals surface area contributed by atoms with E-state index < -0.39 is 17.9 Å². The van der Waals surface area contributed by atoms with Crippen LogP contribution in [0.5, 0.6) is 17.2 Å². The summed E-state index contributed by atoms with van der Waals surface area (Å²) in [6.07, 6.45) is 0.136. The summed E-state index contributed by atoms with van der Waals surface area (Å²) in [5.74, 6) is 0.463. The van der Waals surface area contributed by atoms with Crippen molar-refractivity contribution < 1.29 is 28.9 Å². The molecule has 44 heavy (non-hydrogen) atoms. The molecule has 5 aromatic rings. The number of carboxylic acid groups (broad SMARTS) is 1. The number of aliphatic carboxylic acids is 1. The van der Waals surface area contributed by atoms with Crippen LogP contribution < -0.4 is 19.5 Å². The predicted octanol–water partition coefficient (Wildman–Crippen LogP) is 6.85. The van der Waals surface area contributed by atoms with E-state index in [-0.39, 0.29) is 6.42 Å². The lowest BCUT2D eigenvalue weighted by atomic mass is 10.1. The van der Waals surface area contributed by atoms with Crippen molar-refractivity contribution in [3.63, 3.8) is 0 Å². The molecule has 222 valence electrons. The third-order valence-electron chi connectivity index (χ3n) is 6.91. The fraction of sp³-hybridized carbons (Fsp3) is 0.135. The van der Waals surface area contributed by atoms with Gasteiger partial charge in [0.1, 0.15) is 43.1 Å². The third kappa shape index (κ3) is 8.97. The van der Waals surface area contributed by atoms with Crippen molar-refractivity contribution in [1.29, 1.82) is 0 Å². The smallest absolute Gasteiger partial charge is 0.326 e. The first-order valence-corrected chi connectivity index (χ1v) is 14.3. The highest BCUT2D eigenvalue weighted by Gasteiger charge is 2.21. The van der Waals surface area contributed by atoms with Gasteiger partial charge in [0.2, 0.25) is 0 Å². The van der Waals surface area contributed by atoms with E-state index in [0.717, 1.165) is 28.0 Å². The zero-order valence-corrected chi connectivity index (χ0v) is 24.1. The van der Waals surface area contributed by atoms with Crippen molar-refractivity contribution in [1.82, 2.24) is 5.32 Å². The molecule has 0 aliphatic rings. The monoisotopic (exact) mass is 587 g/mol. The van der Waals surface area contributed by atoms with E-state index in [0.29, 0.717) is 36.9 Å². The highest BCUT2D eigenvalue weighted by atomic mass is 16.5. The molecule has 0 fully saturated rings. The van der Waals surface area contributed by atoms with Gasteiger partial charge < -0.3 is 24.6 Å². The molecule has 0 heterocycles. The molecule has 0 saturated heterocycles. The van der Waals surface area contributed by atoms with Crippen molar-refractivity contribution in [3.8, 4) is 17.2 Å². The lowest BCUT2D eigenvalue weighted by molar-refractivity contribution is -0.139. The zero-order chi connectivity index (χ0) is 30.6. The summed E-state index contributed by atoms with van der Waals surface area (Å²) in [6, 6.07) is 40.2. The van der Waals surface area contributed by atoms with Gasteiger partial charge >= 0.3 is 5.97 Å². The number of carbonyl (C=O) groups excluding carboxylic acids is 1. The number of rotatable bonds is 14. The average molecular weight is 588 g/mol. The van der Waals surface area contributed by atoms with Gasteiger partial charge in [-0.2, -0.15) is 0 Å². The lowest BCUT2D eigenvalue weighted by Gasteiger charge is -2.15. The fourth-order valence-corrected chi connectivity index (χ4v) is 4.43. The average Bonchev–Trinajstić information content (AvgIpc) is 3.07. The maximum Gasteiger partial charge on any atom is 0.326 e. The summed E-state index contributed by atoms with van der Waals surface area (Å²) in [6.45, 7) is 1.29. The Hall–Kier alpha value is -5.56. The van der Waals surface area contributed by atoms with Gasteiger partial charge in [-0.25, -0.2) is 4.79 Å². The van der Waals surface area contributed by atoms with E-state index in [9.17, 15) is 14.7 Å². The fourth-order valence-electron chi connectivity index (χ4n) is 4.43. The summed E-state index contributed by atoms with van der Waals surface area (Å²) in [7, 11) is 0. The summed E-state index contributed by atoms with van der Waals surface area (Å²) >= 11 is 0. The normalized spacial score (nSPS) is 11.3. The Kier molecular flexibility index (Phi) is 10.2. The number of hydrogen-bond donors (Lipinski definition) is 2. The number of ether oxygens (including phenoxy) is 3. The van der Waals surface area contributed by atoms with Crippen LogP contribution in [-0.4, -0.2) is 23.0 Å². The second kappa shape index (κ2) is 15.1. The Morgan fingerprint density at radius 1 is 0.523 bits per heavy atom. The molecule has 7 heteroatoms. The molecular weight excluding hydrogens is 554 g/mol. The molecule has 1 unspecified atom stereocenters. The molecule has 0 aliphatic heterocycles. The van der Waals surface area contributed by atoms with E-state index in [1.807, 2.05) is 84.9 Å². The van der Waals surface area contributed by atoms with Gasteiger partial charge in [-0.15, -0.1) is 0 Å². The highest BCUT2D eigenvalue weighted by Crippen LogP contribution is 2.19. The summed E-state index contributed by atoms with van der Waals surface area (Å²) in [5.41, 5.74) is 4.24. The van der Waals surface area contributed by atoms with Crippen LogP contribution in [0.25, 0.3) is 0 Å². The molecule has 2 N–H and O–H groups in total. The van der Waals surface area contributed by atoms with E-state index in [1.54, 1.807) is 48.5 Å². The molecule has 1 amide bonds. The minimum atomic E-state index is -1.11. The third-order valence-corrected chi connectivity index (χ3v) is 6.91. The van der Waals surface area contributed by atoms with Gasteiger partial charge in [-0.05, 0) is 70.8 Å². The Morgan fingerprint density at radius 3 is 1.34 bits per heavy atom. The SMILES string of the molecule is O=C(NC(Cc1ccc(OCc2ccccc2)cc1)C(=O)O)c1ccc(OCc2ccc(OCc3ccccc3)cc2)cc1. The molecular formula is C37H33NO6. The second-order valence-corrected chi connectivity index (χ2v) is 10.2. The Labute approximate surface area is 256 Å². The van der Waals surface area contributed by atoms with Gasteiger partial charge in [-0.1, -0.05) is 84.9 Å². The van der Waals surface area contributed by atoms with Crippen molar-refractivity contribution in [2.75, 3.05) is 0 Å². The van der Waals surface area contributed by atoms with Crippen molar-refractivity contribution >= 4 is 11.9 Å². The van der Waals surface area contributed by atoms with Crippen LogP contribution in [0.2, 0.25) is 0 Å². The topological polar surface area (TPSA) is 94.1 Å². The van der Waals surface area contributed by atoms with Gasteiger partial charge in [0.15, 0.2) is 0 Å². The van der Waals surface area contributed by atoms with Crippen molar-refractivity contribution in [2.45, 2.75) is 32.3 Å². The van der Waals surface area contributed by atoms with Crippen LogP contribution in [0.1, 0.15) is 32.6 Å². The molecule has 0 bridgehead atoms. The quantitative estimate of drug-likeness (QED) is 0.148. The molecule has 0 radical (unpaired) electrons. The number of amides is 1. The first kappa shape index (κ1) is 29.9. The summed E-state index contributed by atoms with van der Waals surface area (Å²) < 4.78 is 17.5.